The molecular weight excluding hydrogens is 256 g/mol. The van der Waals surface area contributed by atoms with Crippen LogP contribution in [0.2, 0.25) is 0 Å². The molecule has 0 saturated heterocycles. The zero-order valence-electron chi connectivity index (χ0n) is 11.2. The Morgan fingerprint density at radius 3 is 3.11 bits per heavy atom. The predicted molar refractivity (Wildman–Crippen MR) is 81.0 cm³/mol. The van der Waals surface area contributed by atoms with Gasteiger partial charge in [0.15, 0.2) is 0 Å². The lowest BCUT2D eigenvalue weighted by molar-refractivity contribution is 0.0938. The average molecular weight is 276 g/mol. The summed E-state index contributed by atoms with van der Waals surface area (Å²) < 4.78 is 0. The Morgan fingerprint density at radius 1 is 1.42 bits per heavy atom. The zero-order chi connectivity index (χ0) is 13.2. The summed E-state index contributed by atoms with van der Waals surface area (Å²) in [6, 6.07) is 6.36. The number of rotatable bonds is 3. The highest BCUT2D eigenvalue weighted by Gasteiger charge is 2.25. The van der Waals surface area contributed by atoms with Gasteiger partial charge in [0.05, 0.1) is 0 Å². The van der Waals surface area contributed by atoms with Crippen molar-refractivity contribution in [1.82, 2.24) is 5.32 Å². The molecule has 1 amide bonds. The molecule has 3 nitrogen and oxygen atoms in total. The molecule has 0 spiro atoms. The molecule has 102 valence electrons. The monoisotopic (exact) mass is 276 g/mol. The first-order valence-corrected chi connectivity index (χ1v) is 8.25. The minimum atomic E-state index is 0.0725. The first-order chi connectivity index (χ1) is 9.26. The third kappa shape index (κ3) is 2.73. The van der Waals surface area contributed by atoms with E-state index in [2.05, 4.69) is 23.0 Å². The number of anilines is 1. The van der Waals surface area contributed by atoms with Crippen LogP contribution >= 0.6 is 11.8 Å². The zero-order valence-corrected chi connectivity index (χ0v) is 12.1. The molecule has 4 heteroatoms. The first-order valence-electron chi connectivity index (χ1n) is 6.96. The minimum absolute atomic E-state index is 0.0725. The molecule has 2 atom stereocenters. The van der Waals surface area contributed by atoms with E-state index in [1.807, 2.05) is 23.9 Å². The van der Waals surface area contributed by atoms with Crippen LogP contribution in [-0.4, -0.2) is 30.0 Å². The normalized spacial score (nSPS) is 24.9. The smallest absolute Gasteiger partial charge is 0.251 e. The van der Waals surface area contributed by atoms with Crippen LogP contribution in [0.15, 0.2) is 18.2 Å². The summed E-state index contributed by atoms with van der Waals surface area (Å²) >= 11 is 1.91. The van der Waals surface area contributed by atoms with Gasteiger partial charge < -0.3 is 10.6 Å². The minimum Gasteiger partial charge on any atom is -0.384 e. The van der Waals surface area contributed by atoms with Gasteiger partial charge in [-0.25, -0.2) is 0 Å². The molecule has 1 aromatic carbocycles. The van der Waals surface area contributed by atoms with Gasteiger partial charge in [-0.2, -0.15) is 11.8 Å². The lowest BCUT2D eigenvalue weighted by Crippen LogP contribution is -2.33. The Hall–Kier alpha value is -1.16. The molecule has 2 N–H and O–H groups in total. The van der Waals surface area contributed by atoms with Crippen molar-refractivity contribution < 1.29 is 4.79 Å². The van der Waals surface area contributed by atoms with E-state index >= 15 is 0 Å². The summed E-state index contributed by atoms with van der Waals surface area (Å²) in [5, 5.41) is 7.21. The number of fused-ring (bicyclic) bond motifs is 1. The van der Waals surface area contributed by atoms with Crippen LogP contribution in [0.4, 0.5) is 5.69 Å². The second-order valence-corrected chi connectivity index (χ2v) is 6.53. The van der Waals surface area contributed by atoms with Gasteiger partial charge >= 0.3 is 0 Å². The maximum absolute atomic E-state index is 12.2. The van der Waals surface area contributed by atoms with Gasteiger partial charge in [0.2, 0.25) is 0 Å². The fourth-order valence-electron chi connectivity index (χ4n) is 2.99. The number of hydrogen-bond donors (Lipinski definition) is 2. The van der Waals surface area contributed by atoms with Crippen molar-refractivity contribution in [3.05, 3.63) is 29.3 Å². The van der Waals surface area contributed by atoms with Crippen molar-refractivity contribution in [1.29, 1.82) is 0 Å². The lowest BCUT2D eigenvalue weighted by Gasteiger charge is -2.13. The molecule has 1 heterocycles. The van der Waals surface area contributed by atoms with Crippen molar-refractivity contribution >= 4 is 23.4 Å². The van der Waals surface area contributed by atoms with Gasteiger partial charge in [-0.05, 0) is 49.6 Å². The van der Waals surface area contributed by atoms with Crippen LogP contribution in [0.25, 0.3) is 0 Å². The Labute approximate surface area is 118 Å². The molecule has 0 radical (unpaired) electrons. The van der Waals surface area contributed by atoms with Crippen LogP contribution in [-0.2, 0) is 6.42 Å². The van der Waals surface area contributed by atoms with Gasteiger partial charge in [-0.15, -0.1) is 0 Å². The second kappa shape index (κ2) is 5.45. The third-order valence-electron chi connectivity index (χ3n) is 4.13. The number of hydrogen-bond acceptors (Lipinski definition) is 3. The largest absolute Gasteiger partial charge is 0.384 e. The highest BCUT2D eigenvalue weighted by Crippen LogP contribution is 2.28. The van der Waals surface area contributed by atoms with Crippen LogP contribution in [0.3, 0.4) is 0 Å². The fourth-order valence-corrected chi connectivity index (χ4v) is 3.78. The number of carbonyl (C=O) groups excluding carboxylic acids is 1. The number of amides is 1. The van der Waals surface area contributed by atoms with Gasteiger partial charge in [-0.1, -0.05) is 6.07 Å². The summed E-state index contributed by atoms with van der Waals surface area (Å²) in [6.45, 7) is 0.985. The molecule has 1 aliphatic heterocycles. The molecule has 0 aromatic heterocycles. The molecule has 1 aromatic rings. The van der Waals surface area contributed by atoms with E-state index in [4.69, 9.17) is 0 Å². The lowest BCUT2D eigenvalue weighted by atomic mass is 10.1. The van der Waals surface area contributed by atoms with Crippen molar-refractivity contribution in [3.63, 3.8) is 0 Å². The molecular formula is C15H20N2OS. The number of thioether (sulfide) groups is 1. The van der Waals surface area contributed by atoms with Crippen molar-refractivity contribution in [3.8, 4) is 0 Å². The SMILES string of the molecule is CSC1CCC(NC(=O)c2ccc3c(c2)NCC3)C1. The van der Waals surface area contributed by atoms with Crippen molar-refractivity contribution in [2.75, 3.05) is 18.1 Å². The van der Waals surface area contributed by atoms with E-state index < -0.39 is 0 Å². The molecule has 3 rings (SSSR count). The second-order valence-electron chi connectivity index (χ2n) is 5.39. The molecule has 0 bridgehead atoms. The highest BCUT2D eigenvalue weighted by molar-refractivity contribution is 7.99. The average Bonchev–Trinajstić information content (AvgIpc) is 3.05. The first kappa shape index (κ1) is 12.9. The van der Waals surface area contributed by atoms with E-state index in [1.54, 1.807) is 0 Å². The summed E-state index contributed by atoms with van der Waals surface area (Å²) in [7, 11) is 0. The maximum atomic E-state index is 12.2. The molecule has 2 aliphatic rings. The maximum Gasteiger partial charge on any atom is 0.251 e. The number of nitrogens with one attached hydrogen (secondary N) is 2. The number of carbonyl (C=O) groups is 1. The predicted octanol–water partition coefficient (Wildman–Crippen LogP) is 2.67. The Kier molecular flexibility index (Phi) is 3.69. The van der Waals surface area contributed by atoms with E-state index in [1.165, 1.54) is 12.0 Å². The van der Waals surface area contributed by atoms with E-state index in [-0.39, 0.29) is 5.91 Å². The molecule has 1 fully saturated rings. The van der Waals surface area contributed by atoms with Crippen LogP contribution in [0.1, 0.15) is 35.2 Å². The third-order valence-corrected chi connectivity index (χ3v) is 5.23. The fraction of sp³-hybridized carbons (Fsp3) is 0.533. The number of benzene rings is 1. The van der Waals surface area contributed by atoms with Gasteiger partial charge in [0, 0.05) is 29.1 Å². The van der Waals surface area contributed by atoms with Crippen LogP contribution in [0, 0.1) is 0 Å². The van der Waals surface area contributed by atoms with Gasteiger partial charge in [-0.3, -0.25) is 4.79 Å². The van der Waals surface area contributed by atoms with E-state index in [9.17, 15) is 4.79 Å². The van der Waals surface area contributed by atoms with Crippen LogP contribution < -0.4 is 10.6 Å². The quantitative estimate of drug-likeness (QED) is 0.892. The Bertz CT molecular complexity index is 489. The standard InChI is InChI=1S/C15H20N2OS/c1-19-13-5-4-12(9-13)17-15(18)11-3-2-10-6-7-16-14(10)8-11/h2-3,8,12-13,16H,4-7,9H2,1H3,(H,17,18). The summed E-state index contributed by atoms with van der Waals surface area (Å²) in [4.78, 5) is 12.2. The van der Waals surface area contributed by atoms with Crippen molar-refractivity contribution in [2.45, 2.75) is 37.0 Å². The molecule has 19 heavy (non-hydrogen) atoms. The van der Waals surface area contributed by atoms with Gasteiger partial charge in [0.1, 0.15) is 0 Å². The Morgan fingerprint density at radius 2 is 2.32 bits per heavy atom. The topological polar surface area (TPSA) is 41.1 Å². The van der Waals surface area contributed by atoms with Crippen molar-refractivity contribution in [2.24, 2.45) is 0 Å². The van der Waals surface area contributed by atoms with E-state index in [0.29, 0.717) is 11.3 Å². The van der Waals surface area contributed by atoms with Crippen LogP contribution in [0.5, 0.6) is 0 Å². The molecule has 2 unspecified atom stereocenters. The highest BCUT2D eigenvalue weighted by atomic mass is 32.2. The van der Waals surface area contributed by atoms with E-state index in [0.717, 1.165) is 37.1 Å². The summed E-state index contributed by atoms with van der Waals surface area (Å²) in [5.74, 6) is 0.0725. The molecule has 1 saturated carbocycles. The molecule has 1 aliphatic carbocycles. The summed E-state index contributed by atoms with van der Waals surface area (Å²) in [6.07, 6.45) is 6.66. The summed E-state index contributed by atoms with van der Waals surface area (Å²) in [5.41, 5.74) is 3.22. The Balaban J connectivity index is 1.64. The van der Waals surface area contributed by atoms with Gasteiger partial charge in [0.25, 0.3) is 5.91 Å².